The van der Waals surface area contributed by atoms with Gasteiger partial charge >= 0.3 is 0 Å². The zero-order valence-corrected chi connectivity index (χ0v) is 12.7. The highest BCUT2D eigenvalue weighted by molar-refractivity contribution is 5.50. The Hall–Kier alpha value is -1.02. The van der Waals surface area contributed by atoms with Crippen molar-refractivity contribution in [2.75, 3.05) is 25.0 Å². The summed E-state index contributed by atoms with van der Waals surface area (Å²) in [7, 11) is 2.19. The van der Waals surface area contributed by atoms with E-state index < -0.39 is 0 Å². The van der Waals surface area contributed by atoms with E-state index in [-0.39, 0.29) is 0 Å². The fourth-order valence-electron chi connectivity index (χ4n) is 3.04. The fourth-order valence-corrected chi connectivity index (χ4v) is 3.04. The van der Waals surface area contributed by atoms with Crippen molar-refractivity contribution in [1.82, 2.24) is 5.32 Å². The molecular weight excluding hydrogens is 232 g/mol. The number of hydrogen-bond donors (Lipinski definition) is 1. The van der Waals surface area contributed by atoms with Gasteiger partial charge in [0.25, 0.3) is 0 Å². The molecule has 0 heterocycles. The van der Waals surface area contributed by atoms with E-state index in [1.54, 1.807) is 0 Å². The summed E-state index contributed by atoms with van der Waals surface area (Å²) in [5.41, 5.74) is 4.03. The van der Waals surface area contributed by atoms with E-state index in [0.717, 1.165) is 19.1 Å². The van der Waals surface area contributed by atoms with Gasteiger partial charge in [0.2, 0.25) is 0 Å². The van der Waals surface area contributed by atoms with Gasteiger partial charge in [0.1, 0.15) is 0 Å². The van der Waals surface area contributed by atoms with Crippen LogP contribution in [-0.2, 0) is 0 Å². The smallest absolute Gasteiger partial charge is 0.0369 e. The van der Waals surface area contributed by atoms with Crippen LogP contribution in [-0.4, -0.2) is 26.2 Å². The first kappa shape index (κ1) is 14.4. The Morgan fingerprint density at radius 1 is 1.05 bits per heavy atom. The summed E-state index contributed by atoms with van der Waals surface area (Å²) in [4.78, 5) is 2.36. The Balaban J connectivity index is 1.78. The largest absolute Gasteiger partial charge is 0.373 e. The van der Waals surface area contributed by atoms with Gasteiger partial charge < -0.3 is 10.2 Å². The minimum Gasteiger partial charge on any atom is -0.373 e. The summed E-state index contributed by atoms with van der Waals surface area (Å²) < 4.78 is 0. The summed E-state index contributed by atoms with van der Waals surface area (Å²) in [5.74, 6) is 0. The lowest BCUT2D eigenvalue weighted by Gasteiger charge is -2.25. The molecule has 2 nitrogen and oxygen atoms in total. The Morgan fingerprint density at radius 3 is 2.32 bits per heavy atom. The molecule has 106 valence electrons. The van der Waals surface area contributed by atoms with E-state index in [9.17, 15) is 0 Å². The van der Waals surface area contributed by atoms with Crippen LogP contribution in [0.15, 0.2) is 18.2 Å². The summed E-state index contributed by atoms with van der Waals surface area (Å²) in [5, 5.41) is 3.71. The van der Waals surface area contributed by atoms with E-state index in [1.165, 1.54) is 48.9 Å². The highest BCUT2D eigenvalue weighted by atomic mass is 15.1. The molecule has 1 saturated carbocycles. The summed E-state index contributed by atoms with van der Waals surface area (Å²) in [6, 6.07) is 7.54. The first-order valence-electron chi connectivity index (χ1n) is 7.68. The number of hydrogen-bond acceptors (Lipinski definition) is 2. The lowest BCUT2D eigenvalue weighted by molar-refractivity contribution is 0.376. The number of likely N-dealkylation sites (N-methyl/N-ethyl adjacent to an activating group) is 1. The highest BCUT2D eigenvalue weighted by Crippen LogP contribution is 2.18. The van der Waals surface area contributed by atoms with Crippen molar-refractivity contribution >= 4 is 5.69 Å². The zero-order chi connectivity index (χ0) is 13.7. The first-order chi connectivity index (χ1) is 9.15. The molecule has 0 spiro atoms. The molecule has 1 N–H and O–H groups in total. The topological polar surface area (TPSA) is 15.3 Å². The second-order valence-electron chi connectivity index (χ2n) is 6.06. The van der Waals surface area contributed by atoms with Gasteiger partial charge in [-0.05, 0) is 49.9 Å². The van der Waals surface area contributed by atoms with E-state index in [4.69, 9.17) is 0 Å². The SMILES string of the molecule is Cc1cc(C)cc(N(C)CCNC2CCCCC2)c1. The number of benzene rings is 1. The molecule has 0 unspecified atom stereocenters. The third-order valence-corrected chi connectivity index (χ3v) is 4.13. The van der Waals surface area contributed by atoms with Crippen molar-refractivity contribution in [3.63, 3.8) is 0 Å². The van der Waals surface area contributed by atoms with Gasteiger partial charge in [-0.15, -0.1) is 0 Å². The number of anilines is 1. The van der Waals surface area contributed by atoms with Crippen LogP contribution in [0, 0.1) is 13.8 Å². The van der Waals surface area contributed by atoms with Crippen LogP contribution in [0.4, 0.5) is 5.69 Å². The lowest BCUT2D eigenvalue weighted by Crippen LogP contribution is -2.37. The molecule has 1 fully saturated rings. The molecule has 2 heteroatoms. The standard InChI is InChI=1S/C17H28N2/c1-14-11-15(2)13-17(12-14)19(3)10-9-18-16-7-5-4-6-8-16/h11-13,16,18H,4-10H2,1-3H3. The lowest BCUT2D eigenvalue weighted by atomic mass is 9.95. The molecule has 1 aliphatic carbocycles. The van der Waals surface area contributed by atoms with Gasteiger partial charge in [-0.3, -0.25) is 0 Å². The summed E-state index contributed by atoms with van der Waals surface area (Å²) in [6.07, 6.45) is 6.98. The molecule has 1 aliphatic rings. The number of nitrogens with zero attached hydrogens (tertiary/aromatic N) is 1. The van der Waals surface area contributed by atoms with Crippen LogP contribution < -0.4 is 10.2 Å². The second-order valence-corrected chi connectivity index (χ2v) is 6.06. The molecule has 19 heavy (non-hydrogen) atoms. The van der Waals surface area contributed by atoms with Crippen molar-refractivity contribution in [2.24, 2.45) is 0 Å². The van der Waals surface area contributed by atoms with Crippen LogP contribution in [0.5, 0.6) is 0 Å². The molecule has 0 bridgehead atoms. The quantitative estimate of drug-likeness (QED) is 0.869. The Labute approximate surface area is 118 Å². The Morgan fingerprint density at radius 2 is 1.68 bits per heavy atom. The van der Waals surface area contributed by atoms with Crippen molar-refractivity contribution < 1.29 is 0 Å². The minimum absolute atomic E-state index is 0.765. The van der Waals surface area contributed by atoms with Gasteiger partial charge in [-0.2, -0.15) is 0 Å². The predicted molar refractivity (Wildman–Crippen MR) is 84.1 cm³/mol. The molecule has 0 aliphatic heterocycles. The third-order valence-electron chi connectivity index (χ3n) is 4.13. The molecule has 0 amide bonds. The molecule has 1 aromatic carbocycles. The van der Waals surface area contributed by atoms with Gasteiger partial charge in [0.15, 0.2) is 0 Å². The zero-order valence-electron chi connectivity index (χ0n) is 12.7. The van der Waals surface area contributed by atoms with Gasteiger partial charge in [-0.25, -0.2) is 0 Å². The minimum atomic E-state index is 0.765. The van der Waals surface area contributed by atoms with E-state index in [0.29, 0.717) is 0 Å². The van der Waals surface area contributed by atoms with Crippen LogP contribution in [0.2, 0.25) is 0 Å². The fraction of sp³-hybridized carbons (Fsp3) is 0.647. The molecule has 1 aromatic rings. The Bertz CT molecular complexity index is 374. The maximum Gasteiger partial charge on any atom is 0.0369 e. The van der Waals surface area contributed by atoms with Crippen LogP contribution >= 0.6 is 0 Å². The van der Waals surface area contributed by atoms with Crippen LogP contribution in [0.3, 0.4) is 0 Å². The normalized spacial score (nSPS) is 16.6. The molecule has 0 saturated heterocycles. The van der Waals surface area contributed by atoms with Crippen molar-refractivity contribution in [3.05, 3.63) is 29.3 Å². The van der Waals surface area contributed by atoms with Crippen molar-refractivity contribution in [3.8, 4) is 0 Å². The van der Waals surface area contributed by atoms with Crippen LogP contribution in [0.25, 0.3) is 0 Å². The first-order valence-corrected chi connectivity index (χ1v) is 7.68. The van der Waals surface area contributed by atoms with E-state index in [1.807, 2.05) is 0 Å². The number of nitrogens with one attached hydrogen (secondary N) is 1. The average molecular weight is 260 g/mol. The predicted octanol–water partition coefficient (Wildman–Crippen LogP) is 3.66. The molecule has 2 rings (SSSR count). The molecule has 0 radical (unpaired) electrons. The van der Waals surface area contributed by atoms with Crippen molar-refractivity contribution in [2.45, 2.75) is 52.0 Å². The highest BCUT2D eigenvalue weighted by Gasteiger charge is 2.12. The monoisotopic (exact) mass is 260 g/mol. The average Bonchev–Trinajstić information content (AvgIpc) is 2.38. The summed E-state index contributed by atoms with van der Waals surface area (Å²) in [6.45, 7) is 6.52. The van der Waals surface area contributed by atoms with Gasteiger partial charge in [-0.1, -0.05) is 25.3 Å². The maximum absolute atomic E-state index is 3.71. The van der Waals surface area contributed by atoms with E-state index >= 15 is 0 Å². The van der Waals surface area contributed by atoms with Crippen LogP contribution in [0.1, 0.15) is 43.2 Å². The van der Waals surface area contributed by atoms with Gasteiger partial charge in [0.05, 0.1) is 0 Å². The maximum atomic E-state index is 3.71. The number of aryl methyl sites for hydroxylation is 2. The Kier molecular flexibility index (Phi) is 5.26. The second kappa shape index (κ2) is 6.95. The third kappa shape index (κ3) is 4.54. The molecular formula is C17H28N2. The summed E-state index contributed by atoms with van der Waals surface area (Å²) >= 11 is 0. The van der Waals surface area contributed by atoms with Gasteiger partial charge in [0, 0.05) is 31.9 Å². The molecule has 0 atom stereocenters. The molecule has 0 aromatic heterocycles. The van der Waals surface area contributed by atoms with Crippen molar-refractivity contribution in [1.29, 1.82) is 0 Å². The number of rotatable bonds is 5. The van der Waals surface area contributed by atoms with E-state index in [2.05, 4.69) is 49.3 Å².